The monoisotopic (exact) mass is 431 g/mol. The predicted molar refractivity (Wildman–Crippen MR) is 128 cm³/mol. The number of nitrogens with zero attached hydrogens (tertiary/aromatic N) is 1. The fourth-order valence-corrected chi connectivity index (χ4v) is 3.67. The first-order valence-electron chi connectivity index (χ1n) is 9.96. The summed E-state index contributed by atoms with van der Waals surface area (Å²) in [6, 6.07) is 23.8. The molecule has 1 heterocycles. The van der Waals surface area contributed by atoms with Crippen molar-refractivity contribution in [2.24, 2.45) is 0 Å². The zero-order valence-electron chi connectivity index (χ0n) is 17.1. The highest BCUT2D eigenvalue weighted by Crippen LogP contribution is 2.17. The summed E-state index contributed by atoms with van der Waals surface area (Å²) < 4.78 is 13.2. The Morgan fingerprint density at radius 1 is 1.00 bits per heavy atom. The van der Waals surface area contributed by atoms with Crippen LogP contribution in [0.25, 0.3) is 10.9 Å². The van der Waals surface area contributed by atoms with E-state index in [1.807, 2.05) is 66.4 Å². The number of anilines is 1. The lowest BCUT2D eigenvalue weighted by Crippen LogP contribution is -2.35. The van der Waals surface area contributed by atoms with Crippen molar-refractivity contribution in [3.05, 3.63) is 112 Å². The van der Waals surface area contributed by atoms with E-state index in [4.69, 9.17) is 12.2 Å². The van der Waals surface area contributed by atoms with Gasteiger partial charge in [-0.2, -0.15) is 0 Å². The number of H-pyrrole nitrogens is 1. The Hall–Kier alpha value is -3.51. The molecule has 4 aromatic rings. The molecule has 0 amide bonds. The number of hydrogen-bond acceptors (Lipinski definition) is 2. The topological polar surface area (TPSA) is 48.1 Å². The van der Waals surface area contributed by atoms with Gasteiger partial charge in [0.05, 0.1) is 6.54 Å². The van der Waals surface area contributed by atoms with Crippen molar-refractivity contribution in [2.75, 3.05) is 5.32 Å². The van der Waals surface area contributed by atoms with Crippen LogP contribution in [0.5, 0.6) is 0 Å². The Morgan fingerprint density at radius 3 is 2.48 bits per heavy atom. The lowest BCUT2D eigenvalue weighted by molar-refractivity contribution is 0.411. The lowest BCUT2D eigenvalue weighted by Gasteiger charge is -2.26. The van der Waals surface area contributed by atoms with Crippen LogP contribution in [0.3, 0.4) is 0 Å². The van der Waals surface area contributed by atoms with Crippen LogP contribution in [0, 0.1) is 12.7 Å². The quantitative estimate of drug-likeness (QED) is 0.417. The third-order valence-electron chi connectivity index (χ3n) is 5.04. The maximum absolute atomic E-state index is 13.2. The Balaban J connectivity index is 1.63. The molecule has 31 heavy (non-hydrogen) atoms. The number of thiocarbonyl (C=S) groups is 1. The molecule has 0 radical (unpaired) electrons. The summed E-state index contributed by atoms with van der Waals surface area (Å²) >= 11 is 5.65. The fourth-order valence-electron chi connectivity index (χ4n) is 3.42. The van der Waals surface area contributed by atoms with E-state index in [0.717, 1.165) is 22.0 Å². The van der Waals surface area contributed by atoms with E-state index in [0.29, 0.717) is 29.5 Å². The summed E-state index contributed by atoms with van der Waals surface area (Å²) in [5, 5.41) is 4.58. The Labute approximate surface area is 185 Å². The summed E-state index contributed by atoms with van der Waals surface area (Å²) in [5.41, 5.74) is 4.14. The second-order valence-corrected chi connectivity index (χ2v) is 7.88. The SMILES string of the molecule is Cc1ccc2cc(CN(Cc3ccccc3)C(=S)Nc3ccc(F)cc3)c(=O)[nH]c2c1. The van der Waals surface area contributed by atoms with E-state index >= 15 is 0 Å². The smallest absolute Gasteiger partial charge is 0.253 e. The van der Waals surface area contributed by atoms with Gasteiger partial charge < -0.3 is 15.2 Å². The molecule has 0 aliphatic heterocycles. The van der Waals surface area contributed by atoms with Gasteiger partial charge in [0.2, 0.25) is 0 Å². The number of aromatic nitrogens is 1. The molecule has 3 aromatic carbocycles. The summed E-state index contributed by atoms with van der Waals surface area (Å²) in [6.07, 6.45) is 0. The van der Waals surface area contributed by atoms with E-state index in [-0.39, 0.29) is 11.4 Å². The van der Waals surface area contributed by atoms with Crippen LogP contribution in [0.2, 0.25) is 0 Å². The van der Waals surface area contributed by atoms with Crippen LogP contribution >= 0.6 is 12.2 Å². The lowest BCUT2D eigenvalue weighted by atomic mass is 10.1. The van der Waals surface area contributed by atoms with Gasteiger partial charge in [-0.05, 0) is 72.1 Å². The number of hydrogen-bond donors (Lipinski definition) is 2. The van der Waals surface area contributed by atoms with Crippen molar-refractivity contribution < 1.29 is 4.39 Å². The number of pyridine rings is 1. The van der Waals surface area contributed by atoms with E-state index in [1.54, 1.807) is 12.1 Å². The maximum Gasteiger partial charge on any atom is 0.253 e. The summed E-state index contributed by atoms with van der Waals surface area (Å²) in [6.45, 7) is 2.85. The van der Waals surface area contributed by atoms with Crippen LogP contribution < -0.4 is 10.9 Å². The highest BCUT2D eigenvalue weighted by atomic mass is 32.1. The molecule has 4 rings (SSSR count). The van der Waals surface area contributed by atoms with Crippen molar-refractivity contribution in [3.63, 3.8) is 0 Å². The number of nitrogens with one attached hydrogen (secondary N) is 2. The Morgan fingerprint density at radius 2 is 1.74 bits per heavy atom. The molecular weight excluding hydrogens is 409 g/mol. The second kappa shape index (κ2) is 9.10. The van der Waals surface area contributed by atoms with E-state index in [9.17, 15) is 9.18 Å². The van der Waals surface area contributed by atoms with Gasteiger partial charge in [-0.25, -0.2) is 4.39 Å². The van der Waals surface area contributed by atoms with Crippen molar-refractivity contribution in [3.8, 4) is 0 Å². The minimum atomic E-state index is -0.310. The van der Waals surface area contributed by atoms with Crippen LogP contribution in [-0.4, -0.2) is 15.0 Å². The molecule has 1 aromatic heterocycles. The summed E-state index contributed by atoms with van der Waals surface area (Å²) in [4.78, 5) is 17.7. The fraction of sp³-hybridized carbons (Fsp3) is 0.120. The molecule has 4 nitrogen and oxygen atoms in total. The van der Waals surface area contributed by atoms with Gasteiger partial charge in [0.15, 0.2) is 5.11 Å². The van der Waals surface area contributed by atoms with Gasteiger partial charge in [-0.15, -0.1) is 0 Å². The van der Waals surface area contributed by atoms with Gasteiger partial charge >= 0.3 is 0 Å². The van der Waals surface area contributed by atoms with E-state index < -0.39 is 0 Å². The predicted octanol–water partition coefficient (Wildman–Crippen LogP) is 5.37. The molecule has 0 fully saturated rings. The molecule has 0 saturated heterocycles. The van der Waals surface area contributed by atoms with Crippen LogP contribution in [0.15, 0.2) is 83.7 Å². The number of aryl methyl sites for hydroxylation is 1. The number of halogens is 1. The van der Waals surface area contributed by atoms with Crippen molar-refractivity contribution in [1.82, 2.24) is 9.88 Å². The molecule has 2 N–H and O–H groups in total. The average Bonchev–Trinajstić information content (AvgIpc) is 2.76. The minimum absolute atomic E-state index is 0.138. The molecule has 0 bridgehead atoms. The highest BCUT2D eigenvalue weighted by Gasteiger charge is 2.14. The van der Waals surface area contributed by atoms with Crippen LogP contribution in [0.1, 0.15) is 16.7 Å². The largest absolute Gasteiger partial charge is 0.340 e. The zero-order valence-corrected chi connectivity index (χ0v) is 17.9. The minimum Gasteiger partial charge on any atom is -0.340 e. The first-order valence-corrected chi connectivity index (χ1v) is 10.4. The van der Waals surface area contributed by atoms with E-state index in [2.05, 4.69) is 10.3 Å². The van der Waals surface area contributed by atoms with Crippen molar-refractivity contribution >= 4 is 33.9 Å². The molecular formula is C25H22FN3OS. The molecule has 0 saturated carbocycles. The van der Waals surface area contributed by atoms with Crippen molar-refractivity contribution in [2.45, 2.75) is 20.0 Å². The van der Waals surface area contributed by atoms with Gasteiger partial charge in [0.25, 0.3) is 5.56 Å². The third-order valence-corrected chi connectivity index (χ3v) is 5.40. The Bertz CT molecular complexity index is 1270. The number of aromatic amines is 1. The Kier molecular flexibility index (Phi) is 6.09. The molecule has 0 unspecified atom stereocenters. The second-order valence-electron chi connectivity index (χ2n) is 7.49. The molecule has 0 aliphatic carbocycles. The molecule has 6 heteroatoms. The molecule has 0 spiro atoms. The number of rotatable bonds is 5. The van der Waals surface area contributed by atoms with Gasteiger partial charge in [0.1, 0.15) is 5.82 Å². The summed E-state index contributed by atoms with van der Waals surface area (Å²) in [7, 11) is 0. The third kappa shape index (κ3) is 5.16. The van der Waals surface area contributed by atoms with Crippen LogP contribution in [0.4, 0.5) is 10.1 Å². The number of benzene rings is 3. The highest BCUT2D eigenvalue weighted by molar-refractivity contribution is 7.80. The first kappa shape index (κ1) is 20.8. The average molecular weight is 432 g/mol. The molecule has 156 valence electrons. The molecule has 0 aliphatic rings. The van der Waals surface area contributed by atoms with Crippen molar-refractivity contribution in [1.29, 1.82) is 0 Å². The maximum atomic E-state index is 13.2. The first-order chi connectivity index (χ1) is 15.0. The van der Waals surface area contributed by atoms with Gasteiger partial charge in [-0.1, -0.05) is 42.5 Å². The summed E-state index contributed by atoms with van der Waals surface area (Å²) in [5.74, 6) is -0.310. The van der Waals surface area contributed by atoms with Gasteiger partial charge in [0, 0.05) is 23.3 Å². The van der Waals surface area contributed by atoms with Gasteiger partial charge in [-0.3, -0.25) is 4.79 Å². The molecule has 0 atom stereocenters. The normalized spacial score (nSPS) is 10.8. The number of fused-ring (bicyclic) bond motifs is 1. The standard InChI is InChI=1S/C25H22FN3OS/c1-17-7-8-19-14-20(24(30)28-23(19)13-17)16-29(15-18-5-3-2-4-6-18)25(31)27-22-11-9-21(26)10-12-22/h2-14H,15-16H2,1H3,(H,27,31)(H,28,30). The van der Waals surface area contributed by atoms with E-state index in [1.165, 1.54) is 12.1 Å². The zero-order chi connectivity index (χ0) is 21.8. The van der Waals surface area contributed by atoms with Crippen LogP contribution in [-0.2, 0) is 13.1 Å².